The SMILES string of the molecule is CCCCC/C=C/C/C=C/CCCCCCCC(=O)NCCCCCC(=O)OCC(O)C1OC(=O)C(OCc2ccccc2)=C1OCc1ccccc1. The molecular weight excluding hydrogens is 670 g/mol. The average Bonchev–Trinajstić information content (AvgIpc) is 3.50. The number of hydrogen-bond acceptors (Lipinski definition) is 8. The predicted molar refractivity (Wildman–Crippen MR) is 207 cm³/mol. The summed E-state index contributed by atoms with van der Waals surface area (Å²) in [5, 5.41) is 13.9. The number of cyclic esters (lactones) is 1. The summed E-state index contributed by atoms with van der Waals surface area (Å²) in [5.41, 5.74) is 1.71. The molecule has 0 bridgehead atoms. The van der Waals surface area contributed by atoms with Crippen LogP contribution in [0.4, 0.5) is 0 Å². The lowest BCUT2D eigenvalue weighted by molar-refractivity contribution is -0.155. The molecule has 290 valence electrons. The van der Waals surface area contributed by atoms with Gasteiger partial charge in [-0.2, -0.15) is 0 Å². The van der Waals surface area contributed by atoms with E-state index in [4.69, 9.17) is 18.9 Å². The molecule has 9 nitrogen and oxygen atoms in total. The number of unbranched alkanes of at least 4 members (excludes halogenated alkanes) is 10. The molecule has 0 saturated carbocycles. The predicted octanol–water partition coefficient (Wildman–Crippen LogP) is 8.95. The Bertz CT molecular complexity index is 1400. The monoisotopic (exact) mass is 731 g/mol. The number of carbonyl (C=O) groups excluding carboxylic acids is 3. The van der Waals surface area contributed by atoms with Crippen molar-refractivity contribution in [2.45, 2.75) is 135 Å². The molecule has 3 rings (SSSR count). The number of rotatable bonds is 29. The van der Waals surface area contributed by atoms with Crippen LogP contribution in [0.25, 0.3) is 0 Å². The van der Waals surface area contributed by atoms with E-state index >= 15 is 0 Å². The van der Waals surface area contributed by atoms with E-state index in [1.54, 1.807) is 0 Å². The van der Waals surface area contributed by atoms with Crippen molar-refractivity contribution >= 4 is 17.8 Å². The Morgan fingerprint density at radius 3 is 2.02 bits per heavy atom. The van der Waals surface area contributed by atoms with E-state index < -0.39 is 24.1 Å². The van der Waals surface area contributed by atoms with Gasteiger partial charge in [0.1, 0.15) is 25.9 Å². The van der Waals surface area contributed by atoms with E-state index in [0.717, 1.165) is 56.1 Å². The van der Waals surface area contributed by atoms with Crippen molar-refractivity contribution < 1.29 is 38.4 Å². The highest BCUT2D eigenvalue weighted by atomic mass is 16.6. The number of ether oxygens (including phenoxy) is 4. The summed E-state index contributed by atoms with van der Waals surface area (Å²) in [6, 6.07) is 18.7. The molecule has 2 unspecified atom stereocenters. The molecule has 2 N–H and O–H groups in total. The largest absolute Gasteiger partial charge is 0.485 e. The summed E-state index contributed by atoms with van der Waals surface area (Å²) in [4.78, 5) is 37.4. The Morgan fingerprint density at radius 2 is 1.34 bits per heavy atom. The van der Waals surface area contributed by atoms with Gasteiger partial charge in [-0.1, -0.05) is 130 Å². The van der Waals surface area contributed by atoms with Crippen molar-refractivity contribution in [3.63, 3.8) is 0 Å². The van der Waals surface area contributed by atoms with Crippen LogP contribution >= 0.6 is 0 Å². The highest BCUT2D eigenvalue weighted by Crippen LogP contribution is 2.29. The molecule has 0 radical (unpaired) electrons. The van der Waals surface area contributed by atoms with Crippen molar-refractivity contribution in [2.75, 3.05) is 13.2 Å². The zero-order valence-corrected chi connectivity index (χ0v) is 31.7. The molecule has 0 spiro atoms. The van der Waals surface area contributed by atoms with Gasteiger partial charge in [-0.05, 0) is 62.5 Å². The molecule has 0 fully saturated rings. The Kier molecular flexibility index (Phi) is 22.1. The van der Waals surface area contributed by atoms with Gasteiger partial charge in [0.15, 0.2) is 11.9 Å². The molecule has 0 aliphatic carbocycles. The maximum atomic E-state index is 12.8. The lowest BCUT2D eigenvalue weighted by Crippen LogP contribution is -2.34. The number of amides is 1. The van der Waals surface area contributed by atoms with Crippen LogP contribution in [-0.4, -0.2) is 48.3 Å². The van der Waals surface area contributed by atoms with Gasteiger partial charge in [0.05, 0.1) is 0 Å². The van der Waals surface area contributed by atoms with Crippen molar-refractivity contribution in [3.8, 4) is 0 Å². The minimum Gasteiger partial charge on any atom is -0.485 e. The Morgan fingerprint density at radius 1 is 0.755 bits per heavy atom. The number of nitrogens with one attached hydrogen (secondary N) is 1. The van der Waals surface area contributed by atoms with Crippen LogP contribution in [0.1, 0.15) is 121 Å². The molecule has 53 heavy (non-hydrogen) atoms. The summed E-state index contributed by atoms with van der Waals surface area (Å²) >= 11 is 0. The summed E-state index contributed by atoms with van der Waals surface area (Å²) in [7, 11) is 0. The van der Waals surface area contributed by atoms with E-state index in [1.807, 2.05) is 60.7 Å². The van der Waals surface area contributed by atoms with Crippen molar-refractivity contribution in [2.24, 2.45) is 0 Å². The maximum Gasteiger partial charge on any atom is 0.378 e. The van der Waals surface area contributed by atoms with Gasteiger partial charge < -0.3 is 29.4 Å². The van der Waals surface area contributed by atoms with Crippen LogP contribution in [0.3, 0.4) is 0 Å². The number of benzene rings is 2. The van der Waals surface area contributed by atoms with Gasteiger partial charge in [0.25, 0.3) is 0 Å². The number of allylic oxidation sites excluding steroid dienone is 4. The van der Waals surface area contributed by atoms with Crippen molar-refractivity contribution in [3.05, 3.63) is 108 Å². The lowest BCUT2D eigenvalue weighted by Gasteiger charge is -2.20. The van der Waals surface area contributed by atoms with Gasteiger partial charge in [0, 0.05) is 19.4 Å². The van der Waals surface area contributed by atoms with Gasteiger partial charge in [-0.3, -0.25) is 9.59 Å². The third kappa shape index (κ3) is 18.8. The standard InChI is InChI=1S/C44H61NO8/c1-2-3-4-5-6-7-8-9-10-11-12-13-14-15-23-30-39(47)45-32-25-18-24-31-40(48)50-35-38(46)41-42(51-33-36-26-19-16-20-27-36)43(44(49)53-41)52-34-37-28-21-17-22-29-37/h6-7,9-10,16-17,19-22,26-29,38,41,46H,2-5,8,11-15,18,23-25,30-35H2,1H3,(H,45,47)/b7-6+,10-9+. The van der Waals surface area contributed by atoms with Gasteiger partial charge in [0.2, 0.25) is 11.7 Å². The Hall–Kier alpha value is -4.37. The number of carbonyl (C=O) groups is 3. The van der Waals surface area contributed by atoms with Crippen LogP contribution in [0.5, 0.6) is 0 Å². The average molecular weight is 732 g/mol. The fourth-order valence-corrected chi connectivity index (χ4v) is 5.77. The Labute approximate surface area is 316 Å². The molecule has 2 atom stereocenters. The number of hydrogen-bond donors (Lipinski definition) is 2. The molecule has 1 amide bonds. The topological polar surface area (TPSA) is 120 Å². The second-order valence-electron chi connectivity index (χ2n) is 13.5. The maximum absolute atomic E-state index is 12.8. The van der Waals surface area contributed by atoms with E-state index in [2.05, 4.69) is 36.5 Å². The molecule has 1 aliphatic heterocycles. The highest BCUT2D eigenvalue weighted by molar-refractivity contribution is 5.89. The van der Waals surface area contributed by atoms with Crippen molar-refractivity contribution in [1.29, 1.82) is 0 Å². The molecule has 1 aliphatic rings. The minimum atomic E-state index is -1.35. The third-order valence-electron chi connectivity index (χ3n) is 8.86. The first-order chi connectivity index (χ1) is 26.0. The van der Waals surface area contributed by atoms with E-state index in [9.17, 15) is 19.5 Å². The smallest absolute Gasteiger partial charge is 0.378 e. The number of esters is 2. The van der Waals surface area contributed by atoms with Crippen LogP contribution in [0.2, 0.25) is 0 Å². The fraction of sp³-hybridized carbons (Fsp3) is 0.523. The molecule has 2 aromatic rings. The van der Waals surface area contributed by atoms with Crippen molar-refractivity contribution in [1.82, 2.24) is 5.32 Å². The first kappa shape index (κ1) is 43.0. The molecule has 0 aromatic heterocycles. The molecular formula is C44H61NO8. The minimum absolute atomic E-state index is 0.0656. The van der Waals surface area contributed by atoms with Crippen LogP contribution in [-0.2, 0) is 46.5 Å². The molecule has 1 heterocycles. The summed E-state index contributed by atoms with van der Waals surface area (Å²) in [6.45, 7) is 2.68. The zero-order valence-electron chi connectivity index (χ0n) is 31.7. The van der Waals surface area contributed by atoms with E-state index in [0.29, 0.717) is 19.4 Å². The number of aliphatic hydroxyl groups is 1. The first-order valence-corrected chi connectivity index (χ1v) is 19.7. The Balaban J connectivity index is 1.24. The van der Waals surface area contributed by atoms with Crippen LogP contribution in [0, 0.1) is 0 Å². The van der Waals surface area contributed by atoms with Crippen LogP contribution < -0.4 is 5.32 Å². The molecule has 9 heteroatoms. The van der Waals surface area contributed by atoms with Gasteiger partial charge in [-0.15, -0.1) is 0 Å². The normalized spacial score (nSPS) is 14.8. The highest BCUT2D eigenvalue weighted by Gasteiger charge is 2.42. The fourth-order valence-electron chi connectivity index (χ4n) is 5.77. The van der Waals surface area contributed by atoms with Crippen LogP contribution in [0.15, 0.2) is 96.5 Å². The van der Waals surface area contributed by atoms with E-state index in [1.165, 1.54) is 38.5 Å². The summed E-state index contributed by atoms with van der Waals surface area (Å²) in [6.07, 6.45) is 22.1. The van der Waals surface area contributed by atoms with E-state index in [-0.39, 0.29) is 43.7 Å². The quantitative estimate of drug-likeness (QED) is 0.0484. The lowest BCUT2D eigenvalue weighted by atomic mass is 10.1. The van der Waals surface area contributed by atoms with Gasteiger partial charge >= 0.3 is 11.9 Å². The van der Waals surface area contributed by atoms with Gasteiger partial charge in [-0.25, -0.2) is 4.79 Å². The molecule has 2 aromatic carbocycles. The third-order valence-corrected chi connectivity index (χ3v) is 8.86. The second kappa shape index (κ2) is 27.3. The number of aliphatic hydroxyl groups excluding tert-OH is 1. The first-order valence-electron chi connectivity index (χ1n) is 19.7. The molecule has 0 saturated heterocycles. The summed E-state index contributed by atoms with van der Waals surface area (Å²) < 4.78 is 22.5. The zero-order chi connectivity index (χ0) is 37.8. The second-order valence-corrected chi connectivity index (χ2v) is 13.5. The summed E-state index contributed by atoms with van der Waals surface area (Å²) in [5.74, 6) is -1.19.